The summed E-state index contributed by atoms with van der Waals surface area (Å²) < 4.78 is 24.2. The zero-order chi connectivity index (χ0) is 11.4. The molecule has 6 heteroatoms. The smallest absolute Gasteiger partial charge is 0.166 e. The molecule has 84 valence electrons. The topological polar surface area (TPSA) is 42.0 Å². The Balaban J connectivity index is 2.68. The number of anilines is 1. The molecule has 0 aliphatic rings. The summed E-state index contributed by atoms with van der Waals surface area (Å²) in [6.45, 7) is 1.82. The molecule has 1 rings (SSSR count). The Hall–Kier alpha value is -0.680. The van der Waals surface area contributed by atoms with Crippen LogP contribution in [-0.2, 0) is 10.8 Å². The van der Waals surface area contributed by atoms with E-state index in [2.05, 4.69) is 10.3 Å². The molecule has 0 aliphatic carbocycles. The first-order chi connectivity index (χ1) is 6.99. The van der Waals surface area contributed by atoms with Crippen molar-refractivity contribution < 1.29 is 8.60 Å². The molecule has 0 saturated carbocycles. The van der Waals surface area contributed by atoms with Gasteiger partial charge in [0.1, 0.15) is 0 Å². The maximum absolute atomic E-state index is 13.3. The van der Waals surface area contributed by atoms with Gasteiger partial charge in [-0.3, -0.25) is 4.21 Å². The lowest BCUT2D eigenvalue weighted by Crippen LogP contribution is -2.23. The van der Waals surface area contributed by atoms with Crippen molar-refractivity contribution in [3.8, 4) is 0 Å². The van der Waals surface area contributed by atoms with E-state index < -0.39 is 16.6 Å². The molecule has 0 spiro atoms. The van der Waals surface area contributed by atoms with Gasteiger partial charge in [0, 0.05) is 35.0 Å². The van der Waals surface area contributed by atoms with Gasteiger partial charge in [0.2, 0.25) is 0 Å². The van der Waals surface area contributed by atoms with E-state index in [0.717, 1.165) is 0 Å². The third-order valence-corrected chi connectivity index (χ3v) is 2.85. The maximum atomic E-state index is 13.3. The first-order valence-electron chi connectivity index (χ1n) is 4.36. The molecular formula is C9H12ClFN2OS. The van der Waals surface area contributed by atoms with E-state index in [-0.39, 0.29) is 16.9 Å². The van der Waals surface area contributed by atoms with Crippen molar-refractivity contribution in [1.29, 1.82) is 0 Å². The van der Waals surface area contributed by atoms with Gasteiger partial charge in [-0.25, -0.2) is 9.37 Å². The average Bonchev–Trinajstić information content (AvgIpc) is 2.08. The molecule has 0 radical (unpaired) electrons. The van der Waals surface area contributed by atoms with E-state index in [9.17, 15) is 8.60 Å². The lowest BCUT2D eigenvalue weighted by molar-refractivity contribution is 0.621. The Bertz CT molecular complexity index is 375. The average molecular weight is 251 g/mol. The summed E-state index contributed by atoms with van der Waals surface area (Å²) >= 11 is 5.56. The van der Waals surface area contributed by atoms with Crippen molar-refractivity contribution in [2.75, 3.05) is 17.3 Å². The number of hydrogen-bond donors (Lipinski definition) is 1. The summed E-state index contributed by atoms with van der Waals surface area (Å²) in [7, 11) is -0.919. The van der Waals surface area contributed by atoms with E-state index in [4.69, 9.17) is 11.6 Å². The molecule has 0 aromatic carbocycles. The van der Waals surface area contributed by atoms with Crippen molar-refractivity contribution in [3.63, 3.8) is 0 Å². The highest BCUT2D eigenvalue weighted by atomic mass is 35.5. The van der Waals surface area contributed by atoms with Crippen LogP contribution >= 0.6 is 11.6 Å². The standard InChI is InChI=1S/C9H12ClFN2OS/c1-6(5-15(2)14)13-9-8(11)3-7(10)4-12-9/h3-4,6H,5H2,1-2H3,(H,12,13). The van der Waals surface area contributed by atoms with Gasteiger partial charge in [-0.1, -0.05) is 11.6 Å². The number of hydrogen-bond acceptors (Lipinski definition) is 3. The van der Waals surface area contributed by atoms with Crippen LogP contribution in [0.4, 0.5) is 10.2 Å². The van der Waals surface area contributed by atoms with E-state index in [1.165, 1.54) is 12.3 Å². The van der Waals surface area contributed by atoms with E-state index >= 15 is 0 Å². The molecule has 0 saturated heterocycles. The number of nitrogens with one attached hydrogen (secondary N) is 1. The monoisotopic (exact) mass is 250 g/mol. The van der Waals surface area contributed by atoms with Crippen LogP contribution < -0.4 is 5.32 Å². The minimum atomic E-state index is -0.919. The Morgan fingerprint density at radius 3 is 2.93 bits per heavy atom. The highest BCUT2D eigenvalue weighted by molar-refractivity contribution is 7.84. The first-order valence-corrected chi connectivity index (χ1v) is 6.47. The van der Waals surface area contributed by atoms with Crippen LogP contribution in [0.1, 0.15) is 6.92 Å². The highest BCUT2D eigenvalue weighted by Gasteiger charge is 2.09. The second-order valence-corrected chi connectivity index (χ2v) is 5.19. The second kappa shape index (κ2) is 5.42. The summed E-state index contributed by atoms with van der Waals surface area (Å²) in [5.74, 6) is 0.0811. The summed E-state index contributed by atoms with van der Waals surface area (Å²) in [6.07, 6.45) is 2.96. The van der Waals surface area contributed by atoms with Crippen molar-refractivity contribution in [2.24, 2.45) is 0 Å². The number of nitrogens with zero attached hydrogens (tertiary/aromatic N) is 1. The number of pyridine rings is 1. The van der Waals surface area contributed by atoms with Crippen LogP contribution in [-0.4, -0.2) is 27.2 Å². The fraction of sp³-hybridized carbons (Fsp3) is 0.444. The summed E-state index contributed by atoms with van der Waals surface area (Å²) in [5.41, 5.74) is 0. The van der Waals surface area contributed by atoms with Crippen molar-refractivity contribution >= 4 is 28.2 Å². The van der Waals surface area contributed by atoms with Crippen LogP contribution in [0, 0.1) is 5.82 Å². The van der Waals surface area contributed by atoms with Gasteiger partial charge in [-0.15, -0.1) is 0 Å². The Morgan fingerprint density at radius 2 is 2.40 bits per heavy atom. The molecule has 2 atom stereocenters. The molecule has 0 bridgehead atoms. The van der Waals surface area contributed by atoms with Crippen molar-refractivity contribution in [1.82, 2.24) is 4.98 Å². The molecule has 1 heterocycles. The number of aromatic nitrogens is 1. The van der Waals surface area contributed by atoms with Gasteiger partial charge in [-0.05, 0) is 13.0 Å². The van der Waals surface area contributed by atoms with Crippen molar-refractivity contribution in [2.45, 2.75) is 13.0 Å². The van der Waals surface area contributed by atoms with Gasteiger partial charge in [-0.2, -0.15) is 0 Å². The van der Waals surface area contributed by atoms with Crippen LogP contribution in [0.5, 0.6) is 0 Å². The van der Waals surface area contributed by atoms with Gasteiger partial charge in [0.05, 0.1) is 5.02 Å². The van der Waals surface area contributed by atoms with E-state index in [1.807, 2.05) is 6.92 Å². The maximum Gasteiger partial charge on any atom is 0.166 e. The molecule has 1 N–H and O–H groups in total. The Morgan fingerprint density at radius 1 is 1.73 bits per heavy atom. The minimum absolute atomic E-state index is 0.0981. The molecule has 0 fully saturated rings. The Labute approximate surface area is 95.5 Å². The summed E-state index contributed by atoms with van der Waals surface area (Å²) in [6, 6.07) is 1.09. The quantitative estimate of drug-likeness (QED) is 0.889. The van der Waals surface area contributed by atoms with Gasteiger partial charge in [0.25, 0.3) is 0 Å². The van der Waals surface area contributed by atoms with Crippen LogP contribution in [0.15, 0.2) is 12.3 Å². The summed E-state index contributed by atoms with van der Waals surface area (Å²) in [5, 5.41) is 3.09. The number of halogens is 2. The second-order valence-electron chi connectivity index (χ2n) is 3.27. The third kappa shape index (κ3) is 4.13. The molecular weight excluding hydrogens is 239 g/mol. The molecule has 0 aliphatic heterocycles. The lowest BCUT2D eigenvalue weighted by Gasteiger charge is -2.13. The predicted octanol–water partition coefficient (Wildman–Crippen LogP) is 2.05. The lowest BCUT2D eigenvalue weighted by atomic mass is 10.3. The van der Waals surface area contributed by atoms with Crippen LogP contribution in [0.2, 0.25) is 5.02 Å². The normalized spacial score (nSPS) is 14.7. The first kappa shape index (κ1) is 12.4. The molecule has 2 unspecified atom stereocenters. The SMILES string of the molecule is CC(CS(C)=O)Nc1ncc(Cl)cc1F. The zero-order valence-corrected chi connectivity index (χ0v) is 10.0. The molecule has 15 heavy (non-hydrogen) atoms. The molecule has 1 aromatic heterocycles. The van der Waals surface area contributed by atoms with Gasteiger partial charge >= 0.3 is 0 Å². The Kier molecular flexibility index (Phi) is 4.47. The molecule has 1 aromatic rings. The minimum Gasteiger partial charge on any atom is -0.364 e. The number of rotatable bonds is 4. The molecule has 0 amide bonds. The fourth-order valence-electron chi connectivity index (χ4n) is 1.15. The van der Waals surface area contributed by atoms with E-state index in [1.54, 1.807) is 6.26 Å². The summed E-state index contributed by atoms with van der Waals surface area (Å²) in [4.78, 5) is 3.81. The highest BCUT2D eigenvalue weighted by Crippen LogP contribution is 2.16. The van der Waals surface area contributed by atoms with E-state index in [0.29, 0.717) is 5.75 Å². The largest absolute Gasteiger partial charge is 0.364 e. The fourth-order valence-corrected chi connectivity index (χ4v) is 2.08. The van der Waals surface area contributed by atoms with Crippen LogP contribution in [0.3, 0.4) is 0 Å². The van der Waals surface area contributed by atoms with Crippen molar-refractivity contribution in [3.05, 3.63) is 23.1 Å². The zero-order valence-electron chi connectivity index (χ0n) is 8.46. The van der Waals surface area contributed by atoms with Gasteiger partial charge in [0.15, 0.2) is 11.6 Å². The third-order valence-electron chi connectivity index (χ3n) is 1.68. The predicted molar refractivity (Wildman–Crippen MR) is 61.2 cm³/mol. The van der Waals surface area contributed by atoms with Crippen LogP contribution in [0.25, 0.3) is 0 Å². The van der Waals surface area contributed by atoms with Gasteiger partial charge < -0.3 is 5.32 Å². The molecule has 3 nitrogen and oxygen atoms in total.